The van der Waals surface area contributed by atoms with Crippen molar-refractivity contribution in [3.8, 4) is 11.5 Å². The lowest BCUT2D eigenvalue weighted by Gasteiger charge is -2.18. The van der Waals surface area contributed by atoms with Gasteiger partial charge in [-0.1, -0.05) is 23.9 Å². The third-order valence-electron chi connectivity index (χ3n) is 3.26. The van der Waals surface area contributed by atoms with Crippen LogP contribution >= 0.6 is 23.5 Å². The maximum Gasteiger partial charge on any atom is 0.288 e. The molecule has 2 aromatic rings. The van der Waals surface area contributed by atoms with E-state index in [9.17, 15) is 13.6 Å². The number of para-hydroxylation sites is 1. The van der Waals surface area contributed by atoms with Crippen LogP contribution in [0, 0.1) is 0 Å². The van der Waals surface area contributed by atoms with Crippen LogP contribution in [0.25, 0.3) is 0 Å². The number of hydrogen-bond acceptors (Lipinski definition) is 5. The number of fused-ring (bicyclic) bond motifs is 1. The molecule has 1 heterocycles. The highest BCUT2D eigenvalue weighted by atomic mass is 32.2. The number of hydrogen-bond donors (Lipinski definition) is 1. The summed E-state index contributed by atoms with van der Waals surface area (Å²) >= 11 is 1.75. The number of carbonyl (C=O) groups is 1. The number of alkyl halides is 2. The van der Waals surface area contributed by atoms with E-state index in [4.69, 9.17) is 9.47 Å². The highest BCUT2D eigenvalue weighted by Crippen LogP contribution is 2.35. The summed E-state index contributed by atoms with van der Waals surface area (Å²) < 4.78 is 36.1. The van der Waals surface area contributed by atoms with E-state index in [2.05, 4.69) is 5.32 Å². The summed E-state index contributed by atoms with van der Waals surface area (Å²) in [6.07, 6.45) is 0. The second-order valence-electron chi connectivity index (χ2n) is 5.02. The zero-order valence-corrected chi connectivity index (χ0v) is 14.7. The van der Waals surface area contributed by atoms with Gasteiger partial charge in [0.1, 0.15) is 13.2 Å². The molecule has 0 atom stereocenters. The first-order valence-electron chi connectivity index (χ1n) is 7.48. The van der Waals surface area contributed by atoms with Crippen LogP contribution in [0.4, 0.5) is 14.5 Å². The molecule has 1 aliphatic heterocycles. The van der Waals surface area contributed by atoms with E-state index in [1.54, 1.807) is 24.3 Å². The van der Waals surface area contributed by atoms with Gasteiger partial charge in [-0.25, -0.2) is 0 Å². The van der Waals surface area contributed by atoms with Gasteiger partial charge in [-0.15, -0.1) is 11.8 Å². The van der Waals surface area contributed by atoms with E-state index >= 15 is 0 Å². The number of ether oxygens (including phenoxy) is 2. The van der Waals surface area contributed by atoms with Gasteiger partial charge in [0.05, 0.1) is 11.4 Å². The van der Waals surface area contributed by atoms with Crippen LogP contribution in [-0.4, -0.2) is 30.6 Å². The van der Waals surface area contributed by atoms with Crippen molar-refractivity contribution in [2.75, 3.05) is 24.3 Å². The second kappa shape index (κ2) is 8.44. The van der Waals surface area contributed by atoms with Crippen LogP contribution < -0.4 is 14.8 Å². The monoisotopic (exact) mass is 383 g/mol. The molecule has 0 saturated carbocycles. The van der Waals surface area contributed by atoms with Gasteiger partial charge < -0.3 is 14.8 Å². The molecule has 0 bridgehead atoms. The summed E-state index contributed by atoms with van der Waals surface area (Å²) in [4.78, 5) is 13.3. The van der Waals surface area contributed by atoms with E-state index in [1.165, 1.54) is 11.8 Å². The van der Waals surface area contributed by atoms with Gasteiger partial charge >= 0.3 is 0 Å². The third kappa shape index (κ3) is 5.02. The van der Waals surface area contributed by atoms with E-state index < -0.39 is 5.76 Å². The van der Waals surface area contributed by atoms with Gasteiger partial charge in [-0.2, -0.15) is 8.78 Å². The molecule has 3 rings (SSSR count). The van der Waals surface area contributed by atoms with Crippen molar-refractivity contribution in [2.24, 2.45) is 0 Å². The molecule has 0 fully saturated rings. The molecular weight excluding hydrogens is 368 g/mol. The van der Waals surface area contributed by atoms with Crippen molar-refractivity contribution < 1.29 is 23.0 Å². The predicted molar refractivity (Wildman–Crippen MR) is 95.1 cm³/mol. The topological polar surface area (TPSA) is 47.6 Å². The molecule has 132 valence electrons. The lowest BCUT2D eigenvalue weighted by Crippen LogP contribution is -2.16. The van der Waals surface area contributed by atoms with E-state index in [-0.39, 0.29) is 11.7 Å². The average molecular weight is 383 g/mol. The number of thioether (sulfide) groups is 2. The molecule has 0 spiro atoms. The first-order valence-corrected chi connectivity index (χ1v) is 9.34. The summed E-state index contributed by atoms with van der Waals surface area (Å²) in [6.45, 7) is 1.03. The number of rotatable bonds is 6. The normalized spacial score (nSPS) is 12.9. The fourth-order valence-corrected chi connectivity index (χ4v) is 3.54. The van der Waals surface area contributed by atoms with Gasteiger partial charge in [0.25, 0.3) is 5.76 Å². The van der Waals surface area contributed by atoms with Crippen LogP contribution in [0.15, 0.2) is 52.3 Å². The van der Waals surface area contributed by atoms with Crippen LogP contribution in [0.2, 0.25) is 0 Å². The summed E-state index contributed by atoms with van der Waals surface area (Å²) in [5.41, 5.74) is 0.389. The molecule has 0 aliphatic carbocycles. The average Bonchev–Trinajstić information content (AvgIpc) is 2.61. The Bertz CT molecular complexity index is 758. The van der Waals surface area contributed by atoms with E-state index in [0.29, 0.717) is 47.1 Å². The quantitative estimate of drug-likeness (QED) is 0.744. The highest BCUT2D eigenvalue weighted by Gasteiger charge is 2.14. The molecule has 1 amide bonds. The molecule has 0 unspecified atom stereocenters. The zero-order chi connectivity index (χ0) is 17.6. The SMILES string of the molecule is O=C(CSc1ccc2c(c1)OCCO2)Nc1ccccc1SC(F)F. The number of amides is 1. The molecular formula is C17H15F2NO3S2. The minimum atomic E-state index is -2.54. The first-order chi connectivity index (χ1) is 12.1. The Kier molecular flexibility index (Phi) is 6.04. The van der Waals surface area contributed by atoms with Gasteiger partial charge in [0.2, 0.25) is 5.91 Å². The number of halogens is 2. The fourth-order valence-electron chi connectivity index (χ4n) is 2.22. The van der Waals surface area contributed by atoms with E-state index in [1.807, 2.05) is 18.2 Å². The Labute approximate surface area is 152 Å². The lowest BCUT2D eigenvalue weighted by molar-refractivity contribution is -0.113. The Morgan fingerprint density at radius 1 is 1.12 bits per heavy atom. The molecule has 4 nitrogen and oxygen atoms in total. The van der Waals surface area contributed by atoms with Crippen molar-refractivity contribution in [2.45, 2.75) is 15.5 Å². The molecule has 0 radical (unpaired) electrons. The standard InChI is InChI=1S/C17H15F2NO3S2/c18-17(19)25-15-4-2-1-3-12(15)20-16(21)10-24-11-5-6-13-14(9-11)23-8-7-22-13/h1-6,9,17H,7-8,10H2,(H,20,21). The van der Waals surface area contributed by atoms with Crippen molar-refractivity contribution >= 4 is 35.1 Å². The van der Waals surface area contributed by atoms with Crippen molar-refractivity contribution in [3.63, 3.8) is 0 Å². The molecule has 0 aromatic heterocycles. The van der Waals surface area contributed by atoms with Crippen LogP contribution in [0.3, 0.4) is 0 Å². The smallest absolute Gasteiger partial charge is 0.288 e. The first kappa shape index (κ1) is 17.9. The zero-order valence-electron chi connectivity index (χ0n) is 13.0. The largest absolute Gasteiger partial charge is 0.486 e. The molecule has 25 heavy (non-hydrogen) atoms. The van der Waals surface area contributed by atoms with Crippen LogP contribution in [-0.2, 0) is 4.79 Å². The summed E-state index contributed by atoms with van der Waals surface area (Å²) in [6, 6.07) is 12.0. The Hall–Kier alpha value is -1.93. The summed E-state index contributed by atoms with van der Waals surface area (Å²) in [7, 11) is 0. The molecule has 1 N–H and O–H groups in total. The molecule has 1 aliphatic rings. The third-order valence-corrected chi connectivity index (χ3v) is 5.04. The van der Waals surface area contributed by atoms with Crippen molar-refractivity contribution in [1.82, 2.24) is 0 Å². The van der Waals surface area contributed by atoms with Crippen molar-refractivity contribution in [3.05, 3.63) is 42.5 Å². The van der Waals surface area contributed by atoms with Crippen LogP contribution in [0.1, 0.15) is 0 Å². The Morgan fingerprint density at radius 2 is 1.88 bits per heavy atom. The van der Waals surface area contributed by atoms with Crippen LogP contribution in [0.5, 0.6) is 11.5 Å². The number of benzene rings is 2. The molecule has 0 saturated heterocycles. The predicted octanol–water partition coefficient (Wildman–Crippen LogP) is 4.50. The molecule has 2 aromatic carbocycles. The summed E-state index contributed by atoms with van der Waals surface area (Å²) in [5, 5.41) is 2.68. The van der Waals surface area contributed by atoms with Gasteiger partial charge in [0, 0.05) is 9.79 Å². The maximum atomic E-state index is 12.6. The minimum absolute atomic E-state index is 0.160. The highest BCUT2D eigenvalue weighted by molar-refractivity contribution is 8.00. The van der Waals surface area contributed by atoms with Gasteiger partial charge in [0.15, 0.2) is 11.5 Å². The van der Waals surface area contributed by atoms with Crippen molar-refractivity contribution in [1.29, 1.82) is 0 Å². The number of anilines is 1. The Balaban J connectivity index is 1.58. The lowest BCUT2D eigenvalue weighted by atomic mass is 10.3. The molecule has 8 heteroatoms. The second-order valence-corrected chi connectivity index (χ2v) is 7.10. The minimum Gasteiger partial charge on any atom is -0.486 e. The Morgan fingerprint density at radius 3 is 2.68 bits per heavy atom. The number of nitrogens with one attached hydrogen (secondary N) is 1. The van der Waals surface area contributed by atoms with Gasteiger partial charge in [-0.05, 0) is 30.3 Å². The number of carbonyl (C=O) groups excluding carboxylic acids is 1. The summed E-state index contributed by atoms with van der Waals surface area (Å²) in [5.74, 6) is -1.28. The fraction of sp³-hybridized carbons (Fsp3) is 0.235. The maximum absolute atomic E-state index is 12.6. The van der Waals surface area contributed by atoms with E-state index in [0.717, 1.165) is 4.90 Å². The van der Waals surface area contributed by atoms with Gasteiger partial charge in [-0.3, -0.25) is 4.79 Å².